The number of aryl methyl sites for hydroxylation is 1. The molecule has 0 aliphatic carbocycles. The maximum absolute atomic E-state index is 8.28. The van der Waals surface area contributed by atoms with Gasteiger partial charge < -0.3 is 4.42 Å². The Morgan fingerprint density at radius 2 is 2.53 bits per heavy atom. The summed E-state index contributed by atoms with van der Waals surface area (Å²) in [5, 5.41) is 10.5. The van der Waals surface area contributed by atoms with Crippen molar-refractivity contribution < 1.29 is 4.42 Å². The number of furan rings is 1. The lowest BCUT2D eigenvalue weighted by molar-refractivity contribution is 0.579. The maximum Gasteiger partial charge on any atom is 0.154 e. The van der Waals surface area contributed by atoms with Crippen molar-refractivity contribution in [2.75, 3.05) is 0 Å². The summed E-state index contributed by atoms with van der Waals surface area (Å²) in [6.45, 7) is 2.15. The van der Waals surface area contributed by atoms with E-state index in [0.717, 1.165) is 11.3 Å². The molecule has 15 heavy (non-hydrogen) atoms. The third-order valence-electron chi connectivity index (χ3n) is 2.12. The second-order valence-electron chi connectivity index (χ2n) is 3.04. The number of aromatic nitrogens is 2. The lowest BCUT2D eigenvalue weighted by atomic mass is 10.1. The van der Waals surface area contributed by atoms with E-state index >= 15 is 0 Å². The molecule has 76 valence electrons. The first-order valence-corrected chi connectivity index (χ1v) is 4.41. The summed E-state index contributed by atoms with van der Waals surface area (Å²) in [6, 6.07) is 3.60. The molecule has 1 N–H and O–H groups in total. The number of nitrogens with zero attached hydrogens (tertiary/aromatic N) is 4. The molecule has 0 aliphatic rings. The smallest absolute Gasteiger partial charge is 0.154 e. The molecule has 0 saturated heterocycles. The monoisotopic (exact) mass is 203 g/mol. The second-order valence-corrected chi connectivity index (χ2v) is 3.04. The molecule has 6 heteroatoms. The van der Waals surface area contributed by atoms with Crippen LogP contribution >= 0.6 is 0 Å². The van der Waals surface area contributed by atoms with E-state index in [1.54, 1.807) is 12.3 Å². The van der Waals surface area contributed by atoms with Gasteiger partial charge in [-0.2, -0.15) is 5.10 Å². The molecule has 2 rings (SSSR count). The van der Waals surface area contributed by atoms with Gasteiger partial charge >= 0.3 is 0 Å². The zero-order valence-corrected chi connectivity index (χ0v) is 8.14. The number of nitrogens with one attached hydrogen (secondary N) is 1. The van der Waals surface area contributed by atoms with Gasteiger partial charge in [0.05, 0.1) is 12.8 Å². The van der Waals surface area contributed by atoms with Gasteiger partial charge in [-0.05, 0) is 24.6 Å². The number of azide groups is 1. The Bertz CT molecular complexity index is 493. The van der Waals surface area contributed by atoms with Gasteiger partial charge in [0.25, 0.3) is 0 Å². The van der Waals surface area contributed by atoms with Gasteiger partial charge in [0.2, 0.25) is 0 Å². The van der Waals surface area contributed by atoms with Gasteiger partial charge in [-0.1, -0.05) is 5.11 Å². The molecule has 0 aromatic carbocycles. The summed E-state index contributed by atoms with van der Waals surface area (Å²) in [7, 11) is 0. The van der Waals surface area contributed by atoms with E-state index in [9.17, 15) is 0 Å². The maximum atomic E-state index is 8.28. The Hall–Kier alpha value is -2.20. The van der Waals surface area contributed by atoms with Crippen LogP contribution in [0.1, 0.15) is 11.3 Å². The molecule has 0 unspecified atom stereocenters. The number of rotatable bonds is 3. The van der Waals surface area contributed by atoms with E-state index in [2.05, 4.69) is 20.2 Å². The van der Waals surface area contributed by atoms with Crippen molar-refractivity contribution in [3.8, 4) is 11.5 Å². The van der Waals surface area contributed by atoms with Crippen LogP contribution in [0.15, 0.2) is 27.9 Å². The first kappa shape index (κ1) is 9.36. The van der Waals surface area contributed by atoms with Crippen LogP contribution in [0, 0.1) is 6.92 Å². The predicted octanol–water partition coefficient (Wildman–Crippen LogP) is 2.79. The van der Waals surface area contributed by atoms with Crippen molar-refractivity contribution in [3.05, 3.63) is 40.1 Å². The Kier molecular flexibility index (Phi) is 2.43. The first-order valence-electron chi connectivity index (χ1n) is 4.41. The molecule has 0 fully saturated rings. The third kappa shape index (κ3) is 1.70. The fourth-order valence-electron chi connectivity index (χ4n) is 1.37. The number of hydrogen-bond donors (Lipinski definition) is 1. The summed E-state index contributed by atoms with van der Waals surface area (Å²) in [6.07, 6.45) is 1.58. The number of aromatic amines is 1. The van der Waals surface area contributed by atoms with Crippen molar-refractivity contribution in [1.82, 2.24) is 10.2 Å². The largest absolute Gasteiger partial charge is 0.463 e. The third-order valence-corrected chi connectivity index (χ3v) is 2.12. The van der Waals surface area contributed by atoms with E-state index in [0.29, 0.717) is 11.5 Å². The summed E-state index contributed by atoms with van der Waals surface area (Å²) in [5.41, 5.74) is 10.7. The Balaban J connectivity index is 2.44. The van der Waals surface area contributed by atoms with Gasteiger partial charge in [0.15, 0.2) is 5.76 Å². The minimum atomic E-state index is 0.273. The van der Waals surface area contributed by atoms with Crippen molar-refractivity contribution in [1.29, 1.82) is 0 Å². The van der Waals surface area contributed by atoms with E-state index in [1.165, 1.54) is 0 Å². The van der Waals surface area contributed by atoms with E-state index in [4.69, 9.17) is 9.95 Å². The van der Waals surface area contributed by atoms with Gasteiger partial charge in [-0.25, -0.2) is 0 Å². The van der Waals surface area contributed by atoms with Crippen molar-refractivity contribution in [2.24, 2.45) is 5.11 Å². The molecule has 2 aromatic heterocycles. The quantitative estimate of drug-likeness (QED) is 0.472. The van der Waals surface area contributed by atoms with E-state index in [-0.39, 0.29) is 6.54 Å². The summed E-state index contributed by atoms with van der Waals surface area (Å²) in [4.78, 5) is 2.73. The molecule has 0 bridgehead atoms. The molecule has 0 atom stereocenters. The molecular formula is C9H9N5O. The topological polar surface area (TPSA) is 90.6 Å². The highest BCUT2D eigenvalue weighted by Gasteiger charge is 2.13. The van der Waals surface area contributed by atoms with Crippen LogP contribution in [0.5, 0.6) is 0 Å². The first-order chi connectivity index (χ1) is 7.33. The zero-order chi connectivity index (χ0) is 10.7. The van der Waals surface area contributed by atoms with Crippen LogP contribution in [0.3, 0.4) is 0 Å². The molecule has 0 spiro atoms. The summed E-state index contributed by atoms with van der Waals surface area (Å²) in [5.74, 6) is 0.669. The Morgan fingerprint density at radius 3 is 3.20 bits per heavy atom. The van der Waals surface area contributed by atoms with Gasteiger partial charge in [0.1, 0.15) is 5.69 Å². The van der Waals surface area contributed by atoms with E-state index in [1.807, 2.05) is 13.0 Å². The average Bonchev–Trinajstić information content (AvgIpc) is 2.84. The molecule has 0 radical (unpaired) electrons. The van der Waals surface area contributed by atoms with Crippen LogP contribution in [0.4, 0.5) is 0 Å². The highest BCUT2D eigenvalue weighted by molar-refractivity contribution is 5.57. The van der Waals surface area contributed by atoms with Crippen LogP contribution in [-0.2, 0) is 6.54 Å². The summed E-state index contributed by atoms with van der Waals surface area (Å²) < 4.78 is 5.24. The van der Waals surface area contributed by atoms with E-state index < -0.39 is 0 Å². The highest BCUT2D eigenvalue weighted by Crippen LogP contribution is 2.24. The van der Waals surface area contributed by atoms with Crippen molar-refractivity contribution >= 4 is 0 Å². The SMILES string of the molecule is Cc1[nH]nc(-c2ccco2)c1CN=[N+]=[N-]. The Labute approximate surface area is 85.5 Å². The number of H-pyrrole nitrogens is 1. The van der Waals surface area contributed by atoms with Gasteiger partial charge in [0, 0.05) is 16.2 Å². The molecule has 0 saturated carbocycles. The minimum absolute atomic E-state index is 0.273. The molecule has 6 nitrogen and oxygen atoms in total. The predicted molar refractivity (Wildman–Crippen MR) is 53.9 cm³/mol. The second kappa shape index (κ2) is 3.89. The zero-order valence-electron chi connectivity index (χ0n) is 8.14. The highest BCUT2D eigenvalue weighted by atomic mass is 16.3. The van der Waals surface area contributed by atoms with Gasteiger partial charge in [-0.15, -0.1) is 0 Å². The lowest BCUT2D eigenvalue weighted by Gasteiger charge is -1.95. The summed E-state index contributed by atoms with van der Waals surface area (Å²) >= 11 is 0. The molecular weight excluding hydrogens is 194 g/mol. The fourth-order valence-corrected chi connectivity index (χ4v) is 1.37. The molecule has 2 aromatic rings. The van der Waals surface area contributed by atoms with Crippen molar-refractivity contribution in [3.63, 3.8) is 0 Å². The van der Waals surface area contributed by atoms with Crippen LogP contribution in [0.2, 0.25) is 0 Å². The fraction of sp³-hybridized carbons (Fsp3) is 0.222. The standard InChI is InChI=1S/C9H9N5O/c1-6-7(5-11-14-10)9(13-12-6)8-3-2-4-15-8/h2-4H,5H2,1H3,(H,12,13). The van der Waals surface area contributed by atoms with Crippen molar-refractivity contribution in [2.45, 2.75) is 13.5 Å². The molecule has 0 amide bonds. The van der Waals surface area contributed by atoms with Crippen LogP contribution in [0.25, 0.3) is 21.9 Å². The van der Waals surface area contributed by atoms with Crippen LogP contribution < -0.4 is 0 Å². The van der Waals surface area contributed by atoms with Crippen LogP contribution in [-0.4, -0.2) is 10.2 Å². The Morgan fingerprint density at radius 1 is 1.67 bits per heavy atom. The lowest BCUT2D eigenvalue weighted by Crippen LogP contribution is -1.85. The van der Waals surface area contributed by atoms with Gasteiger partial charge in [-0.3, -0.25) is 5.10 Å². The molecule has 2 heterocycles. The normalized spacial score (nSPS) is 9.93. The minimum Gasteiger partial charge on any atom is -0.463 e. The number of hydrogen-bond acceptors (Lipinski definition) is 3. The average molecular weight is 203 g/mol. The molecule has 0 aliphatic heterocycles.